The van der Waals surface area contributed by atoms with Crippen LogP contribution in [-0.4, -0.2) is 63.4 Å². The molecule has 1 aliphatic rings. The number of ether oxygens (including phenoxy) is 1. The van der Waals surface area contributed by atoms with Crippen molar-refractivity contribution in [2.75, 3.05) is 25.0 Å². The SMILES string of the molecule is CC(C)(N)C(=O)N[C@H](COCc1ccccc1)C(=O)Nc1cn(CCC(=O)N2CCCC2)cn1.Cl.Cl. The van der Waals surface area contributed by atoms with Gasteiger partial charge in [-0.2, -0.15) is 0 Å². The molecule has 0 spiro atoms. The van der Waals surface area contributed by atoms with Crippen LogP contribution < -0.4 is 16.4 Å². The van der Waals surface area contributed by atoms with Crippen LogP contribution in [0, 0.1) is 0 Å². The van der Waals surface area contributed by atoms with E-state index in [0.29, 0.717) is 25.4 Å². The van der Waals surface area contributed by atoms with Crippen molar-refractivity contribution in [2.45, 2.75) is 57.8 Å². The molecule has 0 radical (unpaired) electrons. The highest BCUT2D eigenvalue weighted by Crippen LogP contribution is 2.11. The molecule has 1 saturated heterocycles. The first kappa shape index (κ1) is 31.4. The predicted octanol–water partition coefficient (Wildman–Crippen LogP) is 2.12. The first-order chi connectivity index (χ1) is 16.2. The van der Waals surface area contributed by atoms with Crippen LogP contribution in [0.5, 0.6) is 0 Å². The van der Waals surface area contributed by atoms with Gasteiger partial charge in [-0.1, -0.05) is 30.3 Å². The van der Waals surface area contributed by atoms with E-state index in [2.05, 4.69) is 15.6 Å². The molecule has 36 heavy (non-hydrogen) atoms. The number of likely N-dealkylation sites (tertiary alicyclic amines) is 1. The Balaban J connectivity index is 0.00000324. The number of hydrogen-bond donors (Lipinski definition) is 3. The third-order valence-corrected chi connectivity index (χ3v) is 5.53. The third kappa shape index (κ3) is 9.77. The summed E-state index contributed by atoms with van der Waals surface area (Å²) in [4.78, 5) is 43.6. The molecule has 10 nitrogen and oxygen atoms in total. The number of carbonyl (C=O) groups is 3. The molecule has 1 atom stereocenters. The fraction of sp³-hybridized carbons (Fsp3) is 0.500. The molecular formula is C24H36Cl2N6O4. The number of carbonyl (C=O) groups excluding carboxylic acids is 3. The number of rotatable bonds is 11. The number of nitrogens with two attached hydrogens (primary N) is 1. The number of anilines is 1. The number of halogens is 2. The molecule has 3 amide bonds. The van der Waals surface area contributed by atoms with Crippen LogP contribution in [0.4, 0.5) is 5.82 Å². The van der Waals surface area contributed by atoms with E-state index in [1.807, 2.05) is 35.2 Å². The van der Waals surface area contributed by atoms with E-state index in [-0.39, 0.29) is 37.3 Å². The zero-order chi connectivity index (χ0) is 24.6. The average Bonchev–Trinajstić information content (AvgIpc) is 3.49. The summed E-state index contributed by atoms with van der Waals surface area (Å²) in [5.41, 5.74) is 5.68. The minimum atomic E-state index is -1.15. The van der Waals surface area contributed by atoms with E-state index in [4.69, 9.17) is 10.5 Å². The molecule has 3 rings (SSSR count). The number of nitrogens with zero attached hydrogens (tertiary/aromatic N) is 3. The van der Waals surface area contributed by atoms with Crippen LogP contribution in [0.2, 0.25) is 0 Å². The molecule has 2 aromatic rings. The molecule has 200 valence electrons. The summed E-state index contributed by atoms with van der Waals surface area (Å²) in [6.07, 6.45) is 5.71. The maximum absolute atomic E-state index is 12.9. The lowest BCUT2D eigenvalue weighted by Gasteiger charge is -2.23. The second-order valence-electron chi connectivity index (χ2n) is 9.07. The van der Waals surface area contributed by atoms with Crippen LogP contribution in [0.1, 0.15) is 38.7 Å². The molecular weight excluding hydrogens is 507 g/mol. The van der Waals surface area contributed by atoms with Gasteiger partial charge in [-0.3, -0.25) is 14.4 Å². The fourth-order valence-corrected chi connectivity index (χ4v) is 3.51. The summed E-state index contributed by atoms with van der Waals surface area (Å²) in [6.45, 7) is 5.51. The lowest BCUT2D eigenvalue weighted by atomic mass is 10.1. The van der Waals surface area contributed by atoms with Crippen LogP contribution in [0.15, 0.2) is 42.9 Å². The molecule has 0 bridgehead atoms. The number of nitrogens with one attached hydrogen (secondary N) is 2. The Bertz CT molecular complexity index is 974. The highest BCUT2D eigenvalue weighted by Gasteiger charge is 2.28. The van der Waals surface area contributed by atoms with E-state index in [1.165, 1.54) is 0 Å². The minimum Gasteiger partial charge on any atom is -0.374 e. The first-order valence-electron chi connectivity index (χ1n) is 11.5. The van der Waals surface area contributed by atoms with Crippen molar-refractivity contribution in [3.63, 3.8) is 0 Å². The third-order valence-electron chi connectivity index (χ3n) is 5.53. The van der Waals surface area contributed by atoms with Gasteiger partial charge >= 0.3 is 0 Å². The number of aryl methyl sites for hydroxylation is 1. The quantitative estimate of drug-likeness (QED) is 0.398. The molecule has 2 heterocycles. The molecule has 1 aromatic heterocycles. The van der Waals surface area contributed by atoms with Gasteiger partial charge in [-0.05, 0) is 32.3 Å². The molecule has 1 aliphatic heterocycles. The van der Waals surface area contributed by atoms with Gasteiger partial charge in [0.15, 0.2) is 5.82 Å². The van der Waals surface area contributed by atoms with Gasteiger partial charge in [-0.15, -0.1) is 24.8 Å². The zero-order valence-corrected chi connectivity index (χ0v) is 22.3. The van der Waals surface area contributed by atoms with Gasteiger partial charge in [0.05, 0.1) is 25.1 Å². The van der Waals surface area contributed by atoms with Crippen molar-refractivity contribution >= 4 is 48.4 Å². The highest BCUT2D eigenvalue weighted by molar-refractivity contribution is 5.98. The van der Waals surface area contributed by atoms with Crippen molar-refractivity contribution in [1.29, 1.82) is 0 Å². The summed E-state index contributed by atoms with van der Waals surface area (Å²) in [6, 6.07) is 8.58. The summed E-state index contributed by atoms with van der Waals surface area (Å²) in [7, 11) is 0. The summed E-state index contributed by atoms with van der Waals surface area (Å²) >= 11 is 0. The summed E-state index contributed by atoms with van der Waals surface area (Å²) in [5, 5.41) is 5.36. The number of benzene rings is 1. The molecule has 1 fully saturated rings. The molecule has 4 N–H and O–H groups in total. The Morgan fingerprint density at radius 2 is 1.81 bits per heavy atom. The Labute approximate surface area is 224 Å². The highest BCUT2D eigenvalue weighted by atomic mass is 35.5. The van der Waals surface area contributed by atoms with Crippen molar-refractivity contribution in [3.8, 4) is 0 Å². The maximum Gasteiger partial charge on any atom is 0.250 e. The number of hydrogen-bond acceptors (Lipinski definition) is 6. The standard InChI is InChI=1S/C24H34N6O4.2ClH/c1-24(2,25)23(33)27-19(16-34-15-18-8-4-3-5-9-18)22(32)28-20-14-29(17-26-20)13-10-21(31)30-11-6-7-12-30;;/h3-5,8-9,14,17,19H,6-7,10-13,15-16,25H2,1-2H3,(H,27,33)(H,28,32);2*1H/t19-;;/m1../s1. The number of imidazole rings is 1. The van der Waals surface area contributed by atoms with Crippen LogP contribution in [0.3, 0.4) is 0 Å². The Hall–Kier alpha value is -2.66. The van der Waals surface area contributed by atoms with Crippen LogP contribution >= 0.6 is 24.8 Å². The number of aromatic nitrogens is 2. The van der Waals surface area contributed by atoms with Crippen molar-refractivity contribution in [2.24, 2.45) is 5.73 Å². The Kier molecular flexibility index (Phi) is 12.9. The van der Waals surface area contributed by atoms with Crippen molar-refractivity contribution < 1.29 is 19.1 Å². The summed E-state index contributed by atoms with van der Waals surface area (Å²) < 4.78 is 7.44. The molecule has 12 heteroatoms. The minimum absolute atomic E-state index is 0. The monoisotopic (exact) mass is 542 g/mol. The smallest absolute Gasteiger partial charge is 0.250 e. The van der Waals surface area contributed by atoms with E-state index in [1.54, 1.807) is 30.9 Å². The van der Waals surface area contributed by atoms with Gasteiger partial charge < -0.3 is 30.6 Å². The van der Waals surface area contributed by atoms with E-state index in [0.717, 1.165) is 31.5 Å². The van der Waals surface area contributed by atoms with Gasteiger partial charge in [0.2, 0.25) is 11.8 Å². The largest absolute Gasteiger partial charge is 0.374 e. The van der Waals surface area contributed by atoms with E-state index >= 15 is 0 Å². The number of amides is 3. The lowest BCUT2D eigenvalue weighted by Crippen LogP contribution is -2.56. The zero-order valence-electron chi connectivity index (χ0n) is 20.6. The van der Waals surface area contributed by atoms with Crippen LogP contribution in [-0.2, 0) is 32.3 Å². The maximum atomic E-state index is 12.9. The van der Waals surface area contributed by atoms with Gasteiger partial charge in [-0.25, -0.2) is 4.98 Å². The molecule has 0 unspecified atom stereocenters. The normalized spacial score (nSPS) is 13.8. The van der Waals surface area contributed by atoms with Gasteiger partial charge in [0.25, 0.3) is 5.91 Å². The Morgan fingerprint density at radius 1 is 1.14 bits per heavy atom. The molecule has 0 saturated carbocycles. The lowest BCUT2D eigenvalue weighted by molar-refractivity contribution is -0.130. The molecule has 1 aromatic carbocycles. The van der Waals surface area contributed by atoms with Gasteiger partial charge in [0, 0.05) is 32.3 Å². The van der Waals surface area contributed by atoms with Gasteiger partial charge in [0.1, 0.15) is 6.04 Å². The van der Waals surface area contributed by atoms with E-state index < -0.39 is 23.4 Å². The average molecular weight is 543 g/mol. The fourth-order valence-electron chi connectivity index (χ4n) is 3.51. The predicted molar refractivity (Wildman–Crippen MR) is 142 cm³/mol. The molecule has 0 aliphatic carbocycles. The van der Waals surface area contributed by atoms with Crippen molar-refractivity contribution in [1.82, 2.24) is 19.8 Å². The first-order valence-corrected chi connectivity index (χ1v) is 11.5. The summed E-state index contributed by atoms with van der Waals surface area (Å²) in [5.74, 6) is -0.488. The second-order valence-corrected chi connectivity index (χ2v) is 9.07. The van der Waals surface area contributed by atoms with E-state index in [9.17, 15) is 14.4 Å². The van der Waals surface area contributed by atoms with Crippen LogP contribution in [0.25, 0.3) is 0 Å². The van der Waals surface area contributed by atoms with Crippen molar-refractivity contribution in [3.05, 3.63) is 48.4 Å². The topological polar surface area (TPSA) is 132 Å². The Morgan fingerprint density at radius 3 is 2.44 bits per heavy atom. The second kappa shape index (κ2) is 14.8.